The highest BCUT2D eigenvalue weighted by Crippen LogP contribution is 2.12. The van der Waals surface area contributed by atoms with Gasteiger partial charge in [-0.05, 0) is 18.4 Å². The van der Waals surface area contributed by atoms with Gasteiger partial charge in [-0.1, -0.05) is 30.3 Å². The van der Waals surface area contributed by atoms with E-state index in [9.17, 15) is 9.59 Å². The van der Waals surface area contributed by atoms with Gasteiger partial charge in [-0.15, -0.1) is 0 Å². The van der Waals surface area contributed by atoms with Gasteiger partial charge in [-0.3, -0.25) is 4.79 Å². The van der Waals surface area contributed by atoms with Crippen LogP contribution in [0.5, 0.6) is 0 Å². The van der Waals surface area contributed by atoms with Crippen molar-refractivity contribution in [2.45, 2.75) is 25.3 Å². The number of hydrogen-bond acceptors (Lipinski definition) is 2. The van der Waals surface area contributed by atoms with Crippen LogP contribution in [-0.2, 0) is 11.2 Å². The molecular weight excluding hydrogens is 266 g/mol. The number of rotatable bonds is 3. The van der Waals surface area contributed by atoms with Crippen molar-refractivity contribution in [2.24, 2.45) is 0 Å². The average molecular weight is 289 g/mol. The fraction of sp³-hybridized carbons (Fsp3) is 0.500. The van der Waals surface area contributed by atoms with Crippen molar-refractivity contribution < 1.29 is 9.59 Å². The summed E-state index contributed by atoms with van der Waals surface area (Å²) >= 11 is 0. The summed E-state index contributed by atoms with van der Waals surface area (Å²) in [5.74, 6) is 0.0542. The summed E-state index contributed by atoms with van der Waals surface area (Å²) in [6.07, 6.45) is 2.05. The maximum absolute atomic E-state index is 12.0. The third kappa shape index (κ3) is 4.48. The molecular formula is C16H23N3O2. The van der Waals surface area contributed by atoms with Crippen LogP contribution in [0.4, 0.5) is 4.79 Å². The Labute approximate surface area is 125 Å². The van der Waals surface area contributed by atoms with Crippen LogP contribution in [0.2, 0.25) is 0 Å². The smallest absolute Gasteiger partial charge is 0.319 e. The van der Waals surface area contributed by atoms with Gasteiger partial charge in [-0.2, -0.15) is 0 Å². The molecule has 0 bridgehead atoms. The van der Waals surface area contributed by atoms with Crippen molar-refractivity contribution in [1.82, 2.24) is 15.1 Å². The van der Waals surface area contributed by atoms with Crippen LogP contribution in [0.1, 0.15) is 18.4 Å². The number of hydrogen-bond donors (Lipinski definition) is 1. The van der Waals surface area contributed by atoms with Gasteiger partial charge in [0.05, 0.1) is 6.42 Å². The molecule has 0 radical (unpaired) electrons. The maximum atomic E-state index is 12.0. The molecule has 0 aliphatic carbocycles. The van der Waals surface area contributed by atoms with Crippen molar-refractivity contribution in [3.8, 4) is 0 Å². The van der Waals surface area contributed by atoms with E-state index in [4.69, 9.17) is 0 Å². The van der Waals surface area contributed by atoms with E-state index in [1.54, 1.807) is 19.0 Å². The predicted octanol–water partition coefficient (Wildman–Crippen LogP) is 1.49. The minimum Gasteiger partial charge on any atom is -0.353 e. The standard InChI is InChI=1S/C16H23N3O2/c1-18(2)16(21)19-10-8-14(9-11-19)17-15(20)12-13-6-4-3-5-7-13/h3-7,14H,8-12H2,1-2H3,(H,17,20). The molecule has 0 aromatic heterocycles. The van der Waals surface area contributed by atoms with Crippen LogP contribution in [-0.4, -0.2) is 55.0 Å². The molecule has 1 N–H and O–H groups in total. The molecule has 21 heavy (non-hydrogen) atoms. The topological polar surface area (TPSA) is 52.7 Å². The van der Waals surface area contributed by atoms with Crippen LogP contribution in [0.15, 0.2) is 30.3 Å². The number of urea groups is 1. The van der Waals surface area contributed by atoms with Gasteiger partial charge in [0.1, 0.15) is 0 Å². The van der Waals surface area contributed by atoms with E-state index in [-0.39, 0.29) is 18.0 Å². The summed E-state index contributed by atoms with van der Waals surface area (Å²) in [5, 5.41) is 3.07. The summed E-state index contributed by atoms with van der Waals surface area (Å²) in [7, 11) is 3.52. The van der Waals surface area contributed by atoms with E-state index >= 15 is 0 Å². The first-order chi connectivity index (χ1) is 10.1. The Hall–Kier alpha value is -2.04. The lowest BCUT2D eigenvalue weighted by Gasteiger charge is -2.33. The number of amides is 3. The van der Waals surface area contributed by atoms with Crippen LogP contribution >= 0.6 is 0 Å². The zero-order valence-corrected chi connectivity index (χ0v) is 12.7. The van der Waals surface area contributed by atoms with E-state index in [0.717, 1.165) is 18.4 Å². The zero-order chi connectivity index (χ0) is 15.2. The molecule has 1 aromatic carbocycles. The molecule has 1 aliphatic rings. The third-order valence-electron chi connectivity index (χ3n) is 3.72. The second-order valence-corrected chi connectivity index (χ2v) is 5.67. The van der Waals surface area contributed by atoms with Crippen LogP contribution in [0.3, 0.4) is 0 Å². The second-order valence-electron chi connectivity index (χ2n) is 5.67. The molecule has 5 nitrogen and oxygen atoms in total. The molecule has 1 aliphatic heterocycles. The normalized spacial score (nSPS) is 15.6. The molecule has 1 fully saturated rings. The molecule has 0 atom stereocenters. The lowest BCUT2D eigenvalue weighted by molar-refractivity contribution is -0.121. The summed E-state index contributed by atoms with van der Waals surface area (Å²) in [6.45, 7) is 1.40. The quantitative estimate of drug-likeness (QED) is 0.916. The molecule has 1 heterocycles. The third-order valence-corrected chi connectivity index (χ3v) is 3.72. The fourth-order valence-corrected chi connectivity index (χ4v) is 2.56. The van der Waals surface area contributed by atoms with E-state index in [1.807, 2.05) is 35.2 Å². The minimum atomic E-state index is 0.0454. The molecule has 0 saturated carbocycles. The summed E-state index contributed by atoms with van der Waals surface area (Å²) in [5.41, 5.74) is 1.02. The van der Waals surface area contributed by atoms with Gasteiger partial charge >= 0.3 is 6.03 Å². The first-order valence-corrected chi connectivity index (χ1v) is 7.36. The highest BCUT2D eigenvalue weighted by molar-refractivity contribution is 5.79. The Morgan fingerprint density at radius 1 is 1.19 bits per heavy atom. The molecule has 1 saturated heterocycles. The van der Waals surface area contributed by atoms with Gasteiger partial charge in [0.2, 0.25) is 5.91 Å². The molecule has 0 spiro atoms. The van der Waals surface area contributed by atoms with Gasteiger partial charge in [-0.25, -0.2) is 4.79 Å². The zero-order valence-electron chi connectivity index (χ0n) is 12.7. The molecule has 114 valence electrons. The molecule has 0 unspecified atom stereocenters. The minimum absolute atomic E-state index is 0.0454. The number of likely N-dealkylation sites (tertiary alicyclic amines) is 1. The van der Waals surface area contributed by atoms with Gasteiger partial charge < -0.3 is 15.1 Å². The van der Waals surface area contributed by atoms with Gasteiger partial charge in [0.25, 0.3) is 0 Å². The van der Waals surface area contributed by atoms with E-state index in [1.165, 1.54) is 0 Å². The number of benzene rings is 1. The Morgan fingerprint density at radius 2 is 1.81 bits per heavy atom. The Balaban J connectivity index is 1.76. The predicted molar refractivity (Wildman–Crippen MR) is 82.0 cm³/mol. The number of piperidine rings is 1. The monoisotopic (exact) mass is 289 g/mol. The van der Waals surface area contributed by atoms with Crippen LogP contribution in [0, 0.1) is 0 Å². The van der Waals surface area contributed by atoms with Crippen molar-refractivity contribution in [3.63, 3.8) is 0 Å². The summed E-state index contributed by atoms with van der Waals surface area (Å²) < 4.78 is 0. The van der Waals surface area contributed by atoms with E-state index in [0.29, 0.717) is 19.5 Å². The Kier molecular flexibility index (Phi) is 5.20. The van der Waals surface area contributed by atoms with Crippen molar-refractivity contribution >= 4 is 11.9 Å². The van der Waals surface area contributed by atoms with Crippen LogP contribution < -0.4 is 5.32 Å². The lowest BCUT2D eigenvalue weighted by atomic mass is 10.0. The Bertz CT molecular complexity index is 480. The van der Waals surface area contributed by atoms with Crippen molar-refractivity contribution in [3.05, 3.63) is 35.9 Å². The largest absolute Gasteiger partial charge is 0.353 e. The highest BCUT2D eigenvalue weighted by Gasteiger charge is 2.24. The summed E-state index contributed by atoms with van der Waals surface area (Å²) in [6, 6.07) is 9.95. The number of nitrogens with zero attached hydrogens (tertiary/aromatic N) is 2. The van der Waals surface area contributed by atoms with Crippen LogP contribution in [0.25, 0.3) is 0 Å². The second kappa shape index (κ2) is 7.11. The SMILES string of the molecule is CN(C)C(=O)N1CCC(NC(=O)Cc2ccccc2)CC1. The number of carbonyl (C=O) groups excluding carboxylic acids is 2. The Morgan fingerprint density at radius 3 is 2.38 bits per heavy atom. The first kappa shape index (κ1) is 15.4. The van der Waals surface area contributed by atoms with Gasteiger partial charge in [0.15, 0.2) is 0 Å². The number of nitrogens with one attached hydrogen (secondary N) is 1. The molecule has 2 rings (SSSR count). The molecule has 3 amide bonds. The molecule has 1 aromatic rings. The number of carbonyl (C=O) groups is 2. The summed E-state index contributed by atoms with van der Waals surface area (Å²) in [4.78, 5) is 27.3. The van der Waals surface area contributed by atoms with Crippen molar-refractivity contribution in [2.75, 3.05) is 27.2 Å². The maximum Gasteiger partial charge on any atom is 0.319 e. The van der Waals surface area contributed by atoms with Crippen molar-refractivity contribution in [1.29, 1.82) is 0 Å². The van der Waals surface area contributed by atoms with E-state index in [2.05, 4.69) is 5.32 Å². The first-order valence-electron chi connectivity index (χ1n) is 7.36. The van der Waals surface area contributed by atoms with E-state index < -0.39 is 0 Å². The highest BCUT2D eigenvalue weighted by atomic mass is 16.2. The molecule has 5 heteroatoms. The fourth-order valence-electron chi connectivity index (χ4n) is 2.56. The van der Waals surface area contributed by atoms with Gasteiger partial charge in [0, 0.05) is 33.2 Å². The average Bonchev–Trinajstić information content (AvgIpc) is 2.48. The lowest BCUT2D eigenvalue weighted by Crippen LogP contribution is -2.49.